The van der Waals surface area contributed by atoms with Crippen LogP contribution < -0.4 is 4.90 Å². The van der Waals surface area contributed by atoms with Gasteiger partial charge in [-0.15, -0.1) is 0 Å². The molecule has 2 rings (SSSR count). The van der Waals surface area contributed by atoms with Gasteiger partial charge < -0.3 is 4.90 Å². The summed E-state index contributed by atoms with van der Waals surface area (Å²) in [5.41, 5.74) is 3.13. The molecule has 0 aliphatic heterocycles. The molecule has 0 spiro atoms. The highest BCUT2D eigenvalue weighted by atomic mass is 35.5. The van der Waals surface area contributed by atoms with E-state index >= 15 is 0 Å². The first kappa shape index (κ1) is 11.7. The molecule has 0 N–H and O–H groups in total. The quantitative estimate of drug-likeness (QED) is 0.775. The molecular formula is C13H12ClN3. The zero-order chi connectivity index (χ0) is 12.6. The Labute approximate surface area is 105 Å². The fourth-order valence-electron chi connectivity index (χ4n) is 1.85. The molecule has 0 unspecified atom stereocenters. The lowest BCUT2D eigenvalue weighted by Crippen LogP contribution is -2.10. The highest BCUT2D eigenvalue weighted by Gasteiger charge is 2.10. The maximum atomic E-state index is 9.12. The van der Waals surface area contributed by atoms with Crippen LogP contribution in [0.4, 0.5) is 5.69 Å². The molecular weight excluding hydrogens is 234 g/mol. The maximum Gasteiger partial charge on any atom is 0.101 e. The third kappa shape index (κ3) is 2.04. The van der Waals surface area contributed by atoms with Gasteiger partial charge in [-0.25, -0.2) is 0 Å². The summed E-state index contributed by atoms with van der Waals surface area (Å²) < 4.78 is 0. The Kier molecular flexibility index (Phi) is 2.91. The van der Waals surface area contributed by atoms with Gasteiger partial charge in [-0.2, -0.15) is 5.26 Å². The van der Waals surface area contributed by atoms with Gasteiger partial charge in [0.05, 0.1) is 11.1 Å². The van der Waals surface area contributed by atoms with Crippen LogP contribution in [0.15, 0.2) is 18.2 Å². The topological polar surface area (TPSA) is 39.9 Å². The number of rotatable bonds is 1. The standard InChI is InChI=1S/C13H12ClN3/c1-8-4-12(17(2)3)11-6-10(14)5-9(7-15)13(11)16-8/h4-6H,1-3H3. The molecule has 0 atom stereocenters. The van der Waals surface area contributed by atoms with Crippen LogP contribution in [0.1, 0.15) is 11.3 Å². The van der Waals surface area contributed by atoms with E-state index in [-0.39, 0.29) is 0 Å². The van der Waals surface area contributed by atoms with Crippen LogP contribution in [0.2, 0.25) is 5.02 Å². The maximum absolute atomic E-state index is 9.12. The van der Waals surface area contributed by atoms with Crippen LogP contribution in [0.5, 0.6) is 0 Å². The van der Waals surface area contributed by atoms with Crippen molar-refractivity contribution in [1.29, 1.82) is 5.26 Å². The van der Waals surface area contributed by atoms with Crippen molar-refractivity contribution >= 4 is 28.2 Å². The molecule has 0 saturated heterocycles. The summed E-state index contributed by atoms with van der Waals surface area (Å²) in [5.74, 6) is 0. The van der Waals surface area contributed by atoms with E-state index in [9.17, 15) is 0 Å². The van der Waals surface area contributed by atoms with Gasteiger partial charge in [0.25, 0.3) is 0 Å². The third-order valence-corrected chi connectivity index (χ3v) is 2.80. The summed E-state index contributed by atoms with van der Waals surface area (Å²) in [4.78, 5) is 6.42. The molecule has 0 bridgehead atoms. The molecule has 0 radical (unpaired) electrons. The number of benzene rings is 1. The fourth-order valence-corrected chi connectivity index (χ4v) is 2.07. The molecule has 86 valence electrons. The zero-order valence-electron chi connectivity index (χ0n) is 9.95. The summed E-state index contributed by atoms with van der Waals surface area (Å²) >= 11 is 6.02. The monoisotopic (exact) mass is 245 g/mol. The highest BCUT2D eigenvalue weighted by Crippen LogP contribution is 2.30. The van der Waals surface area contributed by atoms with Gasteiger partial charge in [-0.3, -0.25) is 4.98 Å². The molecule has 3 nitrogen and oxygen atoms in total. The van der Waals surface area contributed by atoms with E-state index in [0.29, 0.717) is 16.1 Å². The van der Waals surface area contributed by atoms with Crippen molar-refractivity contribution in [1.82, 2.24) is 4.98 Å². The van der Waals surface area contributed by atoms with Crippen LogP contribution in [0.3, 0.4) is 0 Å². The number of aryl methyl sites for hydroxylation is 1. The Hall–Kier alpha value is -1.79. The number of nitrogens with zero attached hydrogens (tertiary/aromatic N) is 3. The second-order valence-corrected chi connectivity index (χ2v) is 4.57. The van der Waals surface area contributed by atoms with E-state index in [0.717, 1.165) is 16.8 Å². The Morgan fingerprint density at radius 2 is 2.00 bits per heavy atom. The smallest absolute Gasteiger partial charge is 0.101 e. The number of halogens is 1. The van der Waals surface area contributed by atoms with Crippen molar-refractivity contribution < 1.29 is 0 Å². The molecule has 0 fully saturated rings. The Balaban J connectivity index is 2.94. The number of aromatic nitrogens is 1. The first-order chi connectivity index (χ1) is 8.02. The molecule has 0 saturated carbocycles. The lowest BCUT2D eigenvalue weighted by molar-refractivity contribution is 1.12. The van der Waals surface area contributed by atoms with Crippen LogP contribution in [-0.4, -0.2) is 19.1 Å². The second-order valence-electron chi connectivity index (χ2n) is 4.14. The molecule has 1 heterocycles. The van der Waals surface area contributed by atoms with E-state index in [1.807, 2.05) is 38.1 Å². The number of fused-ring (bicyclic) bond motifs is 1. The predicted molar refractivity (Wildman–Crippen MR) is 70.5 cm³/mol. The molecule has 0 aliphatic carbocycles. The van der Waals surface area contributed by atoms with Crippen LogP contribution in [0.25, 0.3) is 10.9 Å². The lowest BCUT2D eigenvalue weighted by Gasteiger charge is -2.16. The van der Waals surface area contributed by atoms with Gasteiger partial charge in [0, 0.05) is 35.9 Å². The van der Waals surface area contributed by atoms with Gasteiger partial charge in [0.1, 0.15) is 6.07 Å². The van der Waals surface area contributed by atoms with Crippen LogP contribution in [0, 0.1) is 18.3 Å². The minimum absolute atomic E-state index is 0.513. The first-order valence-corrected chi connectivity index (χ1v) is 5.59. The Morgan fingerprint density at radius 1 is 1.29 bits per heavy atom. The highest BCUT2D eigenvalue weighted by molar-refractivity contribution is 6.31. The minimum Gasteiger partial charge on any atom is -0.377 e. The molecule has 0 aliphatic rings. The number of hydrogen-bond donors (Lipinski definition) is 0. The Bertz CT molecular complexity index is 627. The minimum atomic E-state index is 0.513. The molecule has 2 aromatic rings. The van der Waals surface area contributed by atoms with E-state index in [2.05, 4.69) is 11.1 Å². The number of hydrogen-bond acceptors (Lipinski definition) is 3. The summed E-state index contributed by atoms with van der Waals surface area (Å²) in [7, 11) is 3.92. The normalized spacial score (nSPS) is 10.3. The van der Waals surface area contributed by atoms with E-state index < -0.39 is 0 Å². The average molecular weight is 246 g/mol. The van der Waals surface area contributed by atoms with Gasteiger partial charge in [0.2, 0.25) is 0 Å². The van der Waals surface area contributed by atoms with Crippen molar-refractivity contribution in [2.24, 2.45) is 0 Å². The number of nitriles is 1. The summed E-state index contributed by atoms with van der Waals surface area (Å²) in [6.07, 6.45) is 0. The largest absolute Gasteiger partial charge is 0.377 e. The molecule has 1 aromatic heterocycles. The van der Waals surface area contributed by atoms with Crippen molar-refractivity contribution in [3.05, 3.63) is 34.5 Å². The lowest BCUT2D eigenvalue weighted by atomic mass is 10.1. The van der Waals surface area contributed by atoms with Crippen molar-refractivity contribution in [3.8, 4) is 6.07 Å². The third-order valence-electron chi connectivity index (χ3n) is 2.59. The Morgan fingerprint density at radius 3 is 2.59 bits per heavy atom. The number of anilines is 1. The fraction of sp³-hybridized carbons (Fsp3) is 0.231. The van der Waals surface area contributed by atoms with Gasteiger partial charge >= 0.3 is 0 Å². The average Bonchev–Trinajstić information content (AvgIpc) is 2.27. The van der Waals surface area contributed by atoms with Gasteiger partial charge in [0.15, 0.2) is 0 Å². The second kappa shape index (κ2) is 4.23. The van der Waals surface area contributed by atoms with E-state index in [1.54, 1.807) is 6.07 Å². The van der Waals surface area contributed by atoms with Gasteiger partial charge in [-0.1, -0.05) is 11.6 Å². The van der Waals surface area contributed by atoms with Crippen molar-refractivity contribution in [2.45, 2.75) is 6.92 Å². The summed E-state index contributed by atoms with van der Waals surface area (Å²) in [6, 6.07) is 7.62. The first-order valence-electron chi connectivity index (χ1n) is 5.21. The van der Waals surface area contributed by atoms with Crippen molar-refractivity contribution in [3.63, 3.8) is 0 Å². The van der Waals surface area contributed by atoms with Crippen molar-refractivity contribution in [2.75, 3.05) is 19.0 Å². The van der Waals surface area contributed by atoms with Gasteiger partial charge in [-0.05, 0) is 25.1 Å². The van der Waals surface area contributed by atoms with Crippen LogP contribution >= 0.6 is 11.6 Å². The molecule has 4 heteroatoms. The predicted octanol–water partition coefficient (Wildman–Crippen LogP) is 3.13. The van der Waals surface area contributed by atoms with E-state index in [4.69, 9.17) is 16.9 Å². The summed E-state index contributed by atoms with van der Waals surface area (Å²) in [5, 5.41) is 10.6. The van der Waals surface area contributed by atoms with Crippen LogP contribution in [-0.2, 0) is 0 Å². The SMILES string of the molecule is Cc1cc(N(C)C)c2cc(Cl)cc(C#N)c2n1. The van der Waals surface area contributed by atoms with E-state index in [1.165, 1.54) is 0 Å². The zero-order valence-corrected chi connectivity index (χ0v) is 10.7. The number of pyridine rings is 1. The molecule has 17 heavy (non-hydrogen) atoms. The molecule has 0 amide bonds. The summed E-state index contributed by atoms with van der Waals surface area (Å²) in [6.45, 7) is 1.92. The molecule has 1 aromatic carbocycles.